The Balaban J connectivity index is 2.40. The fourth-order valence-electron chi connectivity index (χ4n) is 1.99. The normalized spacial score (nSPS) is 25.6. The minimum atomic E-state index is -2.03. The van der Waals surface area contributed by atoms with E-state index in [2.05, 4.69) is 10.4 Å². The van der Waals surface area contributed by atoms with Crippen LogP contribution in [0.25, 0.3) is 0 Å². The number of aldehydes is 1. The number of anilines is 1. The summed E-state index contributed by atoms with van der Waals surface area (Å²) >= 11 is 6.01. The smallest absolute Gasteiger partial charge is 0.361 e. The molecule has 2 rings (SSSR count). The summed E-state index contributed by atoms with van der Waals surface area (Å²) < 4.78 is 4.86. The molecule has 1 aliphatic heterocycles. The Bertz CT molecular complexity index is 527. The maximum absolute atomic E-state index is 12.0. The van der Waals surface area contributed by atoms with E-state index in [-0.39, 0.29) is 23.9 Å². The number of halogens is 1. The van der Waals surface area contributed by atoms with Crippen LogP contribution in [0.15, 0.2) is 18.3 Å². The van der Waals surface area contributed by atoms with E-state index >= 15 is 0 Å². The average Bonchev–Trinajstić information content (AvgIpc) is 2.78. The van der Waals surface area contributed by atoms with Crippen molar-refractivity contribution < 1.29 is 19.4 Å². The van der Waals surface area contributed by atoms with Crippen molar-refractivity contribution in [1.29, 1.82) is 0 Å². The maximum Gasteiger partial charge on any atom is 0.361 e. The quantitative estimate of drug-likeness (QED) is 0.609. The lowest BCUT2D eigenvalue weighted by Gasteiger charge is -2.31. The zero-order valence-corrected chi connectivity index (χ0v) is 11.5. The number of ether oxygens (including phenoxy) is 1. The van der Waals surface area contributed by atoms with Gasteiger partial charge in [0.15, 0.2) is 5.82 Å². The van der Waals surface area contributed by atoms with Crippen molar-refractivity contribution in [1.82, 2.24) is 10.4 Å². The van der Waals surface area contributed by atoms with Crippen molar-refractivity contribution in [2.75, 3.05) is 11.6 Å². The van der Waals surface area contributed by atoms with Gasteiger partial charge in [0, 0.05) is 12.6 Å². The summed E-state index contributed by atoms with van der Waals surface area (Å²) in [5.74, 6) is -0.715. The van der Waals surface area contributed by atoms with Crippen LogP contribution in [0.3, 0.4) is 0 Å². The van der Waals surface area contributed by atoms with Gasteiger partial charge < -0.3 is 14.6 Å². The van der Waals surface area contributed by atoms with E-state index in [1.165, 1.54) is 6.20 Å². The van der Waals surface area contributed by atoms with Crippen LogP contribution in [0, 0.1) is 0 Å². The molecule has 0 bridgehead atoms. The monoisotopic (exact) mass is 299 g/mol. The number of aromatic nitrogens is 1. The van der Waals surface area contributed by atoms with Gasteiger partial charge in [-0.25, -0.2) is 20.2 Å². The van der Waals surface area contributed by atoms with E-state index in [1.54, 1.807) is 19.1 Å². The molecule has 2 atom stereocenters. The molecule has 0 saturated carbocycles. The van der Waals surface area contributed by atoms with Crippen LogP contribution < -0.4 is 10.4 Å². The number of rotatable bonds is 4. The van der Waals surface area contributed by atoms with Crippen LogP contribution in [0.2, 0.25) is 5.02 Å². The Labute approximate surface area is 120 Å². The first kappa shape index (κ1) is 14.7. The topological polar surface area (TPSA) is 91.8 Å². The van der Waals surface area contributed by atoms with Gasteiger partial charge in [0.25, 0.3) is 5.72 Å². The van der Waals surface area contributed by atoms with Gasteiger partial charge in [-0.1, -0.05) is 11.6 Å². The molecule has 1 fully saturated rings. The molecule has 1 aromatic rings. The Hall–Kier alpha value is -1.70. The molecule has 2 unspecified atom stereocenters. The van der Waals surface area contributed by atoms with E-state index in [0.717, 1.165) is 5.01 Å². The summed E-state index contributed by atoms with van der Waals surface area (Å²) in [4.78, 5) is 26.9. The number of hydrogen-bond acceptors (Lipinski definition) is 7. The molecular formula is C12H14ClN3O4. The van der Waals surface area contributed by atoms with Crippen LogP contribution in [0.1, 0.15) is 13.3 Å². The highest BCUT2D eigenvalue weighted by atomic mass is 35.5. The lowest BCUT2D eigenvalue weighted by Crippen LogP contribution is -2.55. The van der Waals surface area contributed by atoms with Crippen LogP contribution in [-0.4, -0.2) is 40.7 Å². The fraction of sp³-hybridized carbons (Fsp3) is 0.417. The highest BCUT2D eigenvalue weighted by Gasteiger charge is 2.52. The van der Waals surface area contributed by atoms with E-state index in [4.69, 9.17) is 16.3 Å². The lowest BCUT2D eigenvalue weighted by molar-refractivity contribution is -0.164. The van der Waals surface area contributed by atoms with Gasteiger partial charge in [-0.2, -0.15) is 0 Å². The number of aliphatic hydroxyl groups is 1. The fourth-order valence-corrected chi connectivity index (χ4v) is 2.20. The van der Waals surface area contributed by atoms with Crippen LogP contribution >= 0.6 is 11.6 Å². The zero-order chi connectivity index (χ0) is 14.8. The van der Waals surface area contributed by atoms with E-state index in [1.807, 2.05) is 0 Å². The Morgan fingerprint density at radius 1 is 1.80 bits per heavy atom. The van der Waals surface area contributed by atoms with Gasteiger partial charge in [-0.3, -0.25) is 0 Å². The standard InChI is InChI=1S/C12H14ClN3O4/c1-2-20-11(18)12(19)6-8(7-17)15-16(12)10-9(13)4-3-5-14-10/h3-5,7-8,15,19H,2,6H2,1H3. The molecule has 0 radical (unpaired) electrons. The van der Waals surface area contributed by atoms with Gasteiger partial charge >= 0.3 is 5.97 Å². The number of pyridine rings is 1. The molecule has 1 aromatic heterocycles. The lowest BCUT2D eigenvalue weighted by atomic mass is 10.1. The molecule has 0 aromatic carbocycles. The van der Waals surface area contributed by atoms with Crippen molar-refractivity contribution in [2.24, 2.45) is 0 Å². The first-order valence-electron chi connectivity index (χ1n) is 6.04. The molecule has 8 heteroatoms. The molecule has 0 spiro atoms. The Morgan fingerprint density at radius 3 is 3.15 bits per heavy atom. The summed E-state index contributed by atoms with van der Waals surface area (Å²) in [5.41, 5.74) is 0.667. The summed E-state index contributed by atoms with van der Waals surface area (Å²) in [7, 11) is 0. The van der Waals surface area contributed by atoms with Crippen LogP contribution in [-0.2, 0) is 14.3 Å². The molecule has 0 amide bonds. The van der Waals surface area contributed by atoms with E-state index in [0.29, 0.717) is 6.29 Å². The predicted octanol–water partition coefficient (Wildman–Crippen LogP) is 0.269. The first-order chi connectivity index (χ1) is 9.52. The minimum absolute atomic E-state index is 0.108. The average molecular weight is 300 g/mol. The van der Waals surface area contributed by atoms with Crippen molar-refractivity contribution in [3.8, 4) is 0 Å². The largest absolute Gasteiger partial charge is 0.462 e. The van der Waals surface area contributed by atoms with Crippen molar-refractivity contribution in [3.63, 3.8) is 0 Å². The van der Waals surface area contributed by atoms with Crippen LogP contribution in [0.4, 0.5) is 5.82 Å². The number of nitrogens with zero attached hydrogens (tertiary/aromatic N) is 2. The van der Waals surface area contributed by atoms with Gasteiger partial charge in [-0.05, 0) is 19.1 Å². The highest BCUT2D eigenvalue weighted by molar-refractivity contribution is 6.33. The second-order valence-electron chi connectivity index (χ2n) is 4.26. The number of carbonyl (C=O) groups is 2. The second-order valence-corrected chi connectivity index (χ2v) is 4.66. The number of carbonyl (C=O) groups excluding carboxylic acids is 2. The summed E-state index contributed by atoms with van der Waals surface area (Å²) in [6.07, 6.45) is 1.91. The minimum Gasteiger partial charge on any atom is -0.462 e. The summed E-state index contributed by atoms with van der Waals surface area (Å²) in [6, 6.07) is 2.44. The predicted molar refractivity (Wildman–Crippen MR) is 70.9 cm³/mol. The molecule has 7 nitrogen and oxygen atoms in total. The van der Waals surface area contributed by atoms with E-state index in [9.17, 15) is 14.7 Å². The third kappa shape index (κ3) is 2.47. The van der Waals surface area contributed by atoms with Crippen molar-refractivity contribution in [3.05, 3.63) is 23.4 Å². The van der Waals surface area contributed by atoms with Crippen molar-refractivity contribution in [2.45, 2.75) is 25.1 Å². The van der Waals surface area contributed by atoms with Crippen molar-refractivity contribution >= 4 is 29.7 Å². The van der Waals surface area contributed by atoms with Gasteiger partial charge in [0.1, 0.15) is 6.29 Å². The van der Waals surface area contributed by atoms with Gasteiger partial charge in [0.05, 0.1) is 17.7 Å². The third-order valence-electron chi connectivity index (χ3n) is 2.89. The Kier molecular flexibility index (Phi) is 4.22. The number of hydrogen-bond donors (Lipinski definition) is 2. The van der Waals surface area contributed by atoms with E-state index < -0.39 is 17.7 Å². The molecule has 0 aliphatic carbocycles. The molecule has 2 N–H and O–H groups in total. The summed E-state index contributed by atoms with van der Waals surface area (Å²) in [5, 5.41) is 11.9. The van der Waals surface area contributed by atoms with Crippen LogP contribution in [0.5, 0.6) is 0 Å². The SMILES string of the molecule is CCOC(=O)C1(O)CC(C=O)NN1c1ncccc1Cl. The second kappa shape index (κ2) is 5.74. The highest BCUT2D eigenvalue weighted by Crippen LogP contribution is 2.33. The van der Waals surface area contributed by atoms with Gasteiger partial charge in [-0.15, -0.1) is 0 Å². The third-order valence-corrected chi connectivity index (χ3v) is 3.18. The molecule has 108 valence electrons. The number of hydrazine groups is 1. The first-order valence-corrected chi connectivity index (χ1v) is 6.42. The zero-order valence-electron chi connectivity index (χ0n) is 10.7. The maximum atomic E-state index is 12.0. The molecular weight excluding hydrogens is 286 g/mol. The number of esters is 1. The molecule has 20 heavy (non-hydrogen) atoms. The molecule has 1 aliphatic rings. The molecule has 2 heterocycles. The summed E-state index contributed by atoms with van der Waals surface area (Å²) in [6.45, 7) is 1.73. The van der Waals surface area contributed by atoms with Gasteiger partial charge in [0.2, 0.25) is 0 Å². The number of nitrogens with one attached hydrogen (secondary N) is 1. The molecule has 1 saturated heterocycles. The Morgan fingerprint density at radius 2 is 2.55 bits per heavy atom.